The van der Waals surface area contributed by atoms with E-state index < -0.39 is 11.1 Å². The van der Waals surface area contributed by atoms with E-state index in [0.29, 0.717) is 6.61 Å². The number of hydrogen-bond donors (Lipinski definition) is 2. The Morgan fingerprint density at radius 2 is 2.18 bits per heavy atom. The van der Waals surface area contributed by atoms with Gasteiger partial charge in [-0.25, -0.2) is 0 Å². The van der Waals surface area contributed by atoms with Gasteiger partial charge in [-0.15, -0.1) is 0 Å². The molecule has 0 aliphatic heterocycles. The summed E-state index contributed by atoms with van der Waals surface area (Å²) >= 11 is -1.75. The van der Waals surface area contributed by atoms with Crippen molar-refractivity contribution in [3.63, 3.8) is 0 Å². The zero-order chi connectivity index (χ0) is 16.3. The number of para-hydroxylation sites is 1. The monoisotopic (exact) mass is 324 g/mol. The quantitative estimate of drug-likeness (QED) is 0.636. The van der Waals surface area contributed by atoms with Gasteiger partial charge >= 0.3 is 5.88 Å². The molecular weight excluding hydrogens is 308 g/mol. The average Bonchev–Trinajstić information content (AvgIpc) is 2.80. The van der Waals surface area contributed by atoms with Crippen LogP contribution in [0.3, 0.4) is 0 Å². The summed E-state index contributed by atoms with van der Waals surface area (Å²) in [6.45, 7) is 2.09. The summed E-state index contributed by atoms with van der Waals surface area (Å²) in [6, 6.07) is 4.69. The fraction of sp³-hybridized carbons (Fsp3) is 0.308. The first-order chi connectivity index (χ1) is 10.4. The highest BCUT2D eigenvalue weighted by molar-refractivity contribution is 7.14. The molecule has 2 aromatic rings. The number of nitrogens with one attached hydrogen (secondary N) is 1. The molecule has 0 saturated heterocycles. The third-order valence-corrected chi connectivity index (χ3v) is 3.40. The molecule has 1 aromatic heterocycles. The van der Waals surface area contributed by atoms with Gasteiger partial charge in [0, 0.05) is 22.8 Å². The minimum atomic E-state index is -1.75. The van der Waals surface area contributed by atoms with Gasteiger partial charge in [-0.05, 0) is 19.1 Å². The van der Waals surface area contributed by atoms with Crippen molar-refractivity contribution in [2.45, 2.75) is 6.92 Å². The number of nitrogens with zero attached hydrogens (tertiary/aromatic N) is 3. The van der Waals surface area contributed by atoms with Crippen molar-refractivity contribution >= 4 is 28.6 Å². The van der Waals surface area contributed by atoms with E-state index in [4.69, 9.17) is 4.74 Å². The first kappa shape index (κ1) is 16.0. The molecule has 118 valence electrons. The van der Waals surface area contributed by atoms with E-state index in [-0.39, 0.29) is 34.6 Å². The van der Waals surface area contributed by atoms with E-state index in [1.807, 2.05) is 0 Å². The van der Waals surface area contributed by atoms with Gasteiger partial charge < -0.3 is 24.6 Å². The Hall–Kier alpha value is -2.39. The fourth-order valence-corrected chi connectivity index (χ4v) is 2.35. The molecule has 2 rings (SSSR count). The second-order valence-corrected chi connectivity index (χ2v) is 5.35. The van der Waals surface area contributed by atoms with Crippen LogP contribution >= 0.6 is 11.1 Å². The Balaban J connectivity index is 2.35. The van der Waals surface area contributed by atoms with E-state index in [1.54, 1.807) is 33.2 Å². The molecule has 2 N–H and O–H groups in total. The smallest absolute Gasteiger partial charge is 0.318 e. The first-order valence-corrected chi connectivity index (χ1v) is 7.53. The van der Waals surface area contributed by atoms with Gasteiger partial charge in [-0.2, -0.15) is 0 Å². The van der Waals surface area contributed by atoms with Crippen molar-refractivity contribution < 1.29 is 19.2 Å². The molecule has 0 aliphatic carbocycles. The highest BCUT2D eigenvalue weighted by atomic mass is 32.2. The molecule has 0 spiro atoms. The van der Waals surface area contributed by atoms with Crippen LogP contribution in [0.5, 0.6) is 11.6 Å². The van der Waals surface area contributed by atoms with Crippen molar-refractivity contribution in [1.82, 2.24) is 13.6 Å². The van der Waals surface area contributed by atoms with Gasteiger partial charge in [-0.3, -0.25) is 4.79 Å². The number of rotatable bonds is 5. The SMILES string of the molecule is CCOc1n[s+]([O-])nc1Nc1cccc(C(=O)N(C)C)c1O. The first-order valence-electron chi connectivity index (χ1n) is 6.47. The van der Waals surface area contributed by atoms with Gasteiger partial charge in [-0.1, -0.05) is 6.07 Å². The molecule has 9 heteroatoms. The highest BCUT2D eigenvalue weighted by Gasteiger charge is 2.21. The van der Waals surface area contributed by atoms with Gasteiger partial charge in [0.15, 0.2) is 16.9 Å². The molecule has 0 saturated carbocycles. The molecule has 1 aromatic carbocycles. The van der Waals surface area contributed by atoms with E-state index in [2.05, 4.69) is 14.1 Å². The molecule has 1 amide bonds. The van der Waals surface area contributed by atoms with Crippen molar-refractivity contribution in [3.8, 4) is 11.6 Å². The van der Waals surface area contributed by atoms with Crippen LogP contribution in [0, 0.1) is 0 Å². The van der Waals surface area contributed by atoms with Crippen LogP contribution in [0.1, 0.15) is 17.3 Å². The second kappa shape index (κ2) is 6.58. The number of phenols is 1. The maximum absolute atomic E-state index is 12.0. The van der Waals surface area contributed by atoms with Crippen LogP contribution in [0.4, 0.5) is 11.5 Å². The summed E-state index contributed by atoms with van der Waals surface area (Å²) in [7, 11) is 3.18. The fourth-order valence-electron chi connectivity index (χ4n) is 1.74. The molecule has 0 fully saturated rings. The predicted molar refractivity (Wildman–Crippen MR) is 81.3 cm³/mol. The number of amides is 1. The van der Waals surface area contributed by atoms with Crippen LogP contribution in [0.25, 0.3) is 0 Å². The predicted octanol–water partition coefficient (Wildman–Crippen LogP) is 1.75. The normalized spacial score (nSPS) is 11.2. The number of aromatic nitrogens is 2. The number of ether oxygens (including phenoxy) is 1. The average molecular weight is 324 g/mol. The third kappa shape index (κ3) is 3.26. The lowest BCUT2D eigenvalue weighted by atomic mass is 10.1. The summed E-state index contributed by atoms with van der Waals surface area (Å²) in [5, 5.41) is 13.0. The Bertz CT molecular complexity index is 687. The van der Waals surface area contributed by atoms with E-state index in [9.17, 15) is 14.5 Å². The number of carbonyl (C=O) groups is 1. The number of benzene rings is 1. The summed E-state index contributed by atoms with van der Waals surface area (Å²) in [6.07, 6.45) is 0. The van der Waals surface area contributed by atoms with Crippen LogP contribution in [-0.4, -0.2) is 49.9 Å². The van der Waals surface area contributed by atoms with E-state index in [1.165, 1.54) is 11.0 Å². The molecule has 1 unspecified atom stereocenters. The third-order valence-electron chi connectivity index (χ3n) is 2.74. The maximum atomic E-state index is 12.0. The lowest BCUT2D eigenvalue weighted by Gasteiger charge is -2.13. The van der Waals surface area contributed by atoms with Gasteiger partial charge in [0.2, 0.25) is 0 Å². The molecule has 1 atom stereocenters. The minimum absolute atomic E-state index is 0.101. The topological polar surface area (TPSA) is 111 Å². The van der Waals surface area contributed by atoms with Crippen LogP contribution in [0.15, 0.2) is 18.2 Å². The maximum Gasteiger partial charge on any atom is 0.318 e. The Morgan fingerprint density at radius 1 is 1.45 bits per heavy atom. The van der Waals surface area contributed by atoms with Gasteiger partial charge in [0.05, 0.1) is 17.9 Å². The molecule has 1 heterocycles. The lowest BCUT2D eigenvalue weighted by Crippen LogP contribution is -2.21. The van der Waals surface area contributed by atoms with Crippen molar-refractivity contribution in [1.29, 1.82) is 0 Å². The van der Waals surface area contributed by atoms with Gasteiger partial charge in [0.25, 0.3) is 11.7 Å². The summed E-state index contributed by atoms with van der Waals surface area (Å²) < 4.78 is 24.1. The molecular formula is C13H16N4O4S. The second-order valence-electron chi connectivity index (χ2n) is 4.53. The van der Waals surface area contributed by atoms with Crippen molar-refractivity contribution in [2.75, 3.05) is 26.0 Å². The van der Waals surface area contributed by atoms with Gasteiger partial charge in [0.1, 0.15) is 0 Å². The number of aromatic hydroxyl groups is 1. The highest BCUT2D eigenvalue weighted by Crippen LogP contribution is 2.34. The number of hydrogen-bond acceptors (Lipinski definition) is 7. The van der Waals surface area contributed by atoms with Crippen LogP contribution in [0.2, 0.25) is 0 Å². The molecule has 22 heavy (non-hydrogen) atoms. The summed E-state index contributed by atoms with van der Waals surface area (Å²) in [5.74, 6) is -0.316. The number of carbonyl (C=O) groups excluding carboxylic acids is 1. The zero-order valence-corrected chi connectivity index (χ0v) is 13.2. The number of anilines is 2. The number of phenolic OH excluding ortho intramolecular Hbond substituents is 1. The molecule has 0 radical (unpaired) electrons. The molecule has 8 nitrogen and oxygen atoms in total. The Morgan fingerprint density at radius 3 is 2.82 bits per heavy atom. The minimum Gasteiger partial charge on any atom is -0.546 e. The Kier molecular flexibility index (Phi) is 4.78. The van der Waals surface area contributed by atoms with Crippen LogP contribution in [-0.2, 0) is 0 Å². The lowest BCUT2D eigenvalue weighted by molar-refractivity contribution is 0.0824. The zero-order valence-electron chi connectivity index (χ0n) is 12.4. The summed E-state index contributed by atoms with van der Waals surface area (Å²) in [4.78, 5) is 13.3. The largest absolute Gasteiger partial charge is 0.546 e. The molecule has 0 bridgehead atoms. The Labute approximate surface area is 130 Å². The van der Waals surface area contributed by atoms with Crippen molar-refractivity contribution in [3.05, 3.63) is 23.8 Å². The van der Waals surface area contributed by atoms with Crippen LogP contribution < -0.4 is 10.1 Å². The summed E-state index contributed by atoms with van der Waals surface area (Å²) in [5.41, 5.74) is 0.391. The van der Waals surface area contributed by atoms with Crippen molar-refractivity contribution in [2.24, 2.45) is 0 Å². The standard InChI is InChI=1S/C13H16N4O4S/c1-4-21-12-11(15-22(20)16-12)14-9-7-5-6-8(10(9)18)13(19)17(2)3/h5-7,18H,4H2,1-3H3,(H,14,15). The van der Waals surface area contributed by atoms with E-state index >= 15 is 0 Å². The molecule has 0 aliphatic rings. The van der Waals surface area contributed by atoms with E-state index in [0.717, 1.165) is 0 Å².